The van der Waals surface area contributed by atoms with Crippen molar-refractivity contribution in [3.05, 3.63) is 34.3 Å². The quantitative estimate of drug-likeness (QED) is 0.852. The van der Waals surface area contributed by atoms with E-state index in [0.29, 0.717) is 0 Å². The van der Waals surface area contributed by atoms with E-state index in [1.54, 1.807) is 0 Å². The van der Waals surface area contributed by atoms with Crippen molar-refractivity contribution in [2.45, 2.75) is 31.1 Å². The molecule has 5 heteroatoms. The normalized spacial score (nSPS) is 20.4. The van der Waals surface area contributed by atoms with E-state index in [1.165, 1.54) is 18.4 Å². The molecule has 3 nitrogen and oxygen atoms in total. The van der Waals surface area contributed by atoms with E-state index in [1.807, 2.05) is 6.07 Å². The molecule has 21 heavy (non-hydrogen) atoms. The van der Waals surface area contributed by atoms with Gasteiger partial charge < -0.3 is 10.6 Å². The van der Waals surface area contributed by atoms with Gasteiger partial charge in [0.2, 0.25) is 5.91 Å². The van der Waals surface area contributed by atoms with Crippen LogP contribution in [-0.2, 0) is 10.2 Å². The van der Waals surface area contributed by atoms with E-state index >= 15 is 0 Å². The highest BCUT2D eigenvalue weighted by Crippen LogP contribution is 2.49. The van der Waals surface area contributed by atoms with Crippen LogP contribution in [0.4, 0.5) is 0 Å². The van der Waals surface area contributed by atoms with Gasteiger partial charge in [-0.3, -0.25) is 4.79 Å². The molecule has 1 saturated heterocycles. The highest BCUT2D eigenvalue weighted by Gasteiger charge is 2.45. The molecule has 0 unspecified atom stereocenters. The topological polar surface area (TPSA) is 41.1 Å². The van der Waals surface area contributed by atoms with Crippen LogP contribution in [0.3, 0.4) is 0 Å². The third-order valence-corrected chi connectivity index (χ3v) is 5.30. The number of rotatable bonds is 4. The van der Waals surface area contributed by atoms with Gasteiger partial charge in [-0.1, -0.05) is 34.1 Å². The fourth-order valence-electron chi connectivity index (χ4n) is 3.07. The molecule has 1 amide bonds. The maximum absolute atomic E-state index is 12.2. The molecule has 1 heterocycles. The minimum absolute atomic E-state index is 0. The van der Waals surface area contributed by atoms with Crippen molar-refractivity contribution in [3.8, 4) is 0 Å². The Morgan fingerprint density at radius 3 is 2.57 bits per heavy atom. The van der Waals surface area contributed by atoms with Crippen molar-refractivity contribution in [2.75, 3.05) is 19.6 Å². The van der Waals surface area contributed by atoms with Gasteiger partial charge in [0.1, 0.15) is 0 Å². The molecule has 0 bridgehead atoms. The first-order valence-corrected chi connectivity index (χ1v) is 8.24. The van der Waals surface area contributed by atoms with Crippen molar-refractivity contribution in [3.63, 3.8) is 0 Å². The first-order valence-electron chi connectivity index (χ1n) is 7.45. The highest BCUT2D eigenvalue weighted by molar-refractivity contribution is 9.10. The molecule has 3 rings (SSSR count). The molecule has 1 aliphatic carbocycles. The van der Waals surface area contributed by atoms with Crippen molar-refractivity contribution in [1.29, 1.82) is 0 Å². The Bertz CT molecular complexity index is 499. The van der Waals surface area contributed by atoms with Gasteiger partial charge in [0.05, 0.1) is 0 Å². The summed E-state index contributed by atoms with van der Waals surface area (Å²) >= 11 is 3.63. The second-order valence-electron chi connectivity index (χ2n) is 6.00. The lowest BCUT2D eigenvalue weighted by Crippen LogP contribution is -2.41. The zero-order valence-corrected chi connectivity index (χ0v) is 14.4. The summed E-state index contributed by atoms with van der Waals surface area (Å²) in [7, 11) is 0. The molecular weight excluding hydrogens is 352 g/mol. The third-order valence-electron chi connectivity index (χ3n) is 4.61. The predicted octanol–water partition coefficient (Wildman–Crippen LogP) is 3.02. The molecule has 0 radical (unpaired) electrons. The smallest absolute Gasteiger partial charge is 0.223 e. The SMILES string of the molecule is Cl.O=C(NCC1(c2ccccc2Br)CC1)C1CCNCC1. The lowest BCUT2D eigenvalue weighted by molar-refractivity contribution is -0.125. The number of benzene rings is 1. The number of hydrogen-bond acceptors (Lipinski definition) is 2. The van der Waals surface area contributed by atoms with Gasteiger partial charge in [-0.05, 0) is 50.4 Å². The number of carbonyl (C=O) groups excluding carboxylic acids is 1. The average Bonchev–Trinajstić information content (AvgIpc) is 3.27. The Hall–Kier alpha value is -0.580. The van der Waals surface area contributed by atoms with E-state index in [9.17, 15) is 4.79 Å². The average molecular weight is 374 g/mol. The van der Waals surface area contributed by atoms with Gasteiger partial charge in [-0.2, -0.15) is 0 Å². The van der Waals surface area contributed by atoms with Crippen LogP contribution >= 0.6 is 28.3 Å². The summed E-state index contributed by atoms with van der Waals surface area (Å²) in [6.45, 7) is 2.71. The van der Waals surface area contributed by atoms with Gasteiger partial charge in [-0.25, -0.2) is 0 Å². The molecule has 2 aliphatic rings. The van der Waals surface area contributed by atoms with Crippen LogP contribution in [-0.4, -0.2) is 25.5 Å². The second kappa shape index (κ2) is 7.12. The zero-order chi connectivity index (χ0) is 14.0. The molecule has 0 spiro atoms. The molecular formula is C16H22BrClN2O. The Morgan fingerprint density at radius 2 is 1.95 bits per heavy atom. The van der Waals surface area contributed by atoms with Gasteiger partial charge in [0, 0.05) is 22.4 Å². The van der Waals surface area contributed by atoms with E-state index < -0.39 is 0 Å². The van der Waals surface area contributed by atoms with Crippen molar-refractivity contribution in [2.24, 2.45) is 5.92 Å². The Kier molecular flexibility index (Phi) is 5.69. The predicted molar refractivity (Wildman–Crippen MR) is 90.9 cm³/mol. The molecule has 0 atom stereocenters. The van der Waals surface area contributed by atoms with Crippen molar-refractivity contribution in [1.82, 2.24) is 10.6 Å². The Balaban J connectivity index is 0.00000161. The number of amides is 1. The maximum atomic E-state index is 12.2. The van der Waals surface area contributed by atoms with E-state index in [-0.39, 0.29) is 29.6 Å². The van der Waals surface area contributed by atoms with Crippen LogP contribution in [0.2, 0.25) is 0 Å². The van der Waals surface area contributed by atoms with Crippen molar-refractivity contribution >= 4 is 34.2 Å². The first kappa shape index (κ1) is 16.8. The number of piperidine rings is 1. The van der Waals surface area contributed by atoms with Crippen LogP contribution in [0.15, 0.2) is 28.7 Å². The largest absolute Gasteiger partial charge is 0.355 e. The molecule has 1 aliphatic heterocycles. The molecule has 2 N–H and O–H groups in total. The van der Waals surface area contributed by atoms with E-state index in [4.69, 9.17) is 0 Å². The van der Waals surface area contributed by atoms with Gasteiger partial charge >= 0.3 is 0 Å². The fraction of sp³-hybridized carbons (Fsp3) is 0.562. The molecule has 1 aromatic carbocycles. The Morgan fingerprint density at radius 1 is 1.29 bits per heavy atom. The Labute approximate surface area is 140 Å². The zero-order valence-electron chi connectivity index (χ0n) is 12.0. The van der Waals surface area contributed by atoms with Crippen LogP contribution in [0.25, 0.3) is 0 Å². The van der Waals surface area contributed by atoms with E-state index in [2.05, 4.69) is 44.8 Å². The fourth-order valence-corrected chi connectivity index (χ4v) is 3.77. The number of carbonyl (C=O) groups is 1. The van der Waals surface area contributed by atoms with Crippen LogP contribution < -0.4 is 10.6 Å². The molecule has 2 fully saturated rings. The van der Waals surface area contributed by atoms with E-state index in [0.717, 1.165) is 36.9 Å². The summed E-state index contributed by atoms with van der Waals surface area (Å²) in [5.74, 6) is 0.441. The standard InChI is InChI=1S/C16H21BrN2O.ClH/c17-14-4-2-1-3-13(14)16(7-8-16)11-19-15(20)12-5-9-18-10-6-12;/h1-4,12,18H,5-11H2,(H,19,20);1H. The summed E-state index contributed by atoms with van der Waals surface area (Å²) in [4.78, 5) is 12.2. The summed E-state index contributed by atoms with van der Waals surface area (Å²) in [5, 5.41) is 6.49. The second-order valence-corrected chi connectivity index (χ2v) is 6.86. The highest BCUT2D eigenvalue weighted by atomic mass is 79.9. The van der Waals surface area contributed by atoms with Crippen LogP contribution in [0.1, 0.15) is 31.2 Å². The van der Waals surface area contributed by atoms with Gasteiger partial charge in [0.25, 0.3) is 0 Å². The lowest BCUT2D eigenvalue weighted by Gasteiger charge is -2.24. The van der Waals surface area contributed by atoms with Gasteiger partial charge in [0.15, 0.2) is 0 Å². The van der Waals surface area contributed by atoms with Crippen LogP contribution in [0.5, 0.6) is 0 Å². The minimum Gasteiger partial charge on any atom is -0.355 e. The lowest BCUT2D eigenvalue weighted by atomic mass is 9.94. The molecule has 1 saturated carbocycles. The summed E-state index contributed by atoms with van der Waals surface area (Å²) in [6, 6.07) is 8.38. The van der Waals surface area contributed by atoms with Gasteiger partial charge in [-0.15, -0.1) is 12.4 Å². The maximum Gasteiger partial charge on any atom is 0.223 e. The number of nitrogens with one attached hydrogen (secondary N) is 2. The number of halogens is 2. The summed E-state index contributed by atoms with van der Waals surface area (Å²) < 4.78 is 1.16. The van der Waals surface area contributed by atoms with Crippen LogP contribution in [0, 0.1) is 5.92 Å². The molecule has 1 aromatic rings. The molecule has 0 aromatic heterocycles. The van der Waals surface area contributed by atoms with Crippen molar-refractivity contribution < 1.29 is 4.79 Å². The minimum atomic E-state index is 0. The number of hydrogen-bond donors (Lipinski definition) is 2. The summed E-state index contributed by atoms with van der Waals surface area (Å²) in [6.07, 6.45) is 4.27. The molecule has 116 valence electrons. The first-order chi connectivity index (χ1) is 9.71. The third kappa shape index (κ3) is 3.79. The monoisotopic (exact) mass is 372 g/mol. The summed E-state index contributed by atoms with van der Waals surface area (Å²) in [5.41, 5.74) is 1.51.